The smallest absolute Gasteiger partial charge is 0.305 e. The summed E-state index contributed by atoms with van der Waals surface area (Å²) in [5.41, 5.74) is 0. The van der Waals surface area contributed by atoms with E-state index in [1.807, 2.05) is 0 Å². The van der Waals surface area contributed by atoms with E-state index in [0.29, 0.717) is 25.9 Å². The minimum absolute atomic E-state index is 0.0251. The number of esters is 1. The molecule has 6 heteroatoms. The van der Waals surface area contributed by atoms with E-state index in [2.05, 4.69) is 55.6 Å². The second-order valence-corrected chi connectivity index (χ2v) is 21.7. The number of aliphatic hydroxyl groups excluding tert-OH is 2. The summed E-state index contributed by atoms with van der Waals surface area (Å²) in [6.07, 6.45) is 75.9. The minimum Gasteiger partial charge on any atom is -0.466 e. The predicted octanol–water partition coefficient (Wildman–Crippen LogP) is 20.0. The molecule has 0 saturated carbocycles. The number of unbranched alkanes of at least 4 members (excludes halogenated alkanes) is 42. The lowest BCUT2D eigenvalue weighted by atomic mass is 10.0. The molecule has 0 aromatic rings. The van der Waals surface area contributed by atoms with Crippen molar-refractivity contribution in [1.82, 2.24) is 5.32 Å². The van der Waals surface area contributed by atoms with Crippen LogP contribution in [0.5, 0.6) is 0 Å². The highest BCUT2D eigenvalue weighted by Gasteiger charge is 2.20. The summed E-state index contributed by atoms with van der Waals surface area (Å²) in [7, 11) is 0. The van der Waals surface area contributed by atoms with Crippen molar-refractivity contribution in [2.45, 2.75) is 353 Å². The van der Waals surface area contributed by atoms with Gasteiger partial charge in [-0.1, -0.05) is 275 Å². The highest BCUT2D eigenvalue weighted by Crippen LogP contribution is 2.18. The predicted molar refractivity (Wildman–Crippen MR) is 310 cm³/mol. The van der Waals surface area contributed by atoms with E-state index in [-0.39, 0.29) is 18.5 Å². The number of ether oxygens (including phenoxy) is 1. The first-order chi connectivity index (χ1) is 35.0. The van der Waals surface area contributed by atoms with E-state index in [0.717, 1.165) is 83.5 Å². The molecule has 0 bridgehead atoms. The molecule has 0 radical (unpaired) electrons. The Morgan fingerprint density at radius 2 is 0.704 bits per heavy atom. The fourth-order valence-electron chi connectivity index (χ4n) is 9.78. The molecule has 2 atom stereocenters. The molecule has 6 nitrogen and oxygen atoms in total. The average Bonchev–Trinajstić information content (AvgIpc) is 3.37. The monoisotopic (exact) mass is 998 g/mol. The van der Waals surface area contributed by atoms with Crippen LogP contribution in [0.1, 0.15) is 341 Å². The Morgan fingerprint density at radius 3 is 1.11 bits per heavy atom. The Balaban J connectivity index is 3.49. The summed E-state index contributed by atoms with van der Waals surface area (Å²) in [6, 6.07) is -0.556. The van der Waals surface area contributed by atoms with Gasteiger partial charge in [-0.05, 0) is 89.9 Å². The molecule has 0 spiro atoms. The van der Waals surface area contributed by atoms with Gasteiger partial charge in [-0.3, -0.25) is 9.59 Å². The molecular weight excluding hydrogens is 875 g/mol. The van der Waals surface area contributed by atoms with Gasteiger partial charge in [-0.25, -0.2) is 0 Å². The van der Waals surface area contributed by atoms with Gasteiger partial charge in [-0.15, -0.1) is 0 Å². The third-order valence-corrected chi connectivity index (χ3v) is 14.7. The number of hydrogen-bond donors (Lipinski definition) is 3. The van der Waals surface area contributed by atoms with Crippen molar-refractivity contribution in [3.05, 3.63) is 36.5 Å². The Morgan fingerprint density at radius 1 is 0.394 bits per heavy atom. The Bertz CT molecular complexity index is 1150. The number of carbonyl (C=O) groups is 2. The molecule has 0 saturated heterocycles. The molecule has 0 aromatic heterocycles. The fourth-order valence-corrected chi connectivity index (χ4v) is 9.78. The van der Waals surface area contributed by atoms with Crippen LogP contribution in [0.4, 0.5) is 0 Å². The zero-order valence-electron chi connectivity index (χ0n) is 47.7. The van der Waals surface area contributed by atoms with Crippen LogP contribution >= 0.6 is 0 Å². The van der Waals surface area contributed by atoms with Gasteiger partial charge in [0.15, 0.2) is 0 Å². The quantitative estimate of drug-likeness (QED) is 0.0321. The van der Waals surface area contributed by atoms with Gasteiger partial charge in [-0.2, -0.15) is 0 Å². The molecule has 0 aliphatic carbocycles. The zero-order valence-corrected chi connectivity index (χ0v) is 47.7. The molecular formula is C65H123NO5. The Hall–Kier alpha value is -1.92. The summed E-state index contributed by atoms with van der Waals surface area (Å²) in [5, 5.41) is 23.4. The zero-order chi connectivity index (χ0) is 51.4. The van der Waals surface area contributed by atoms with E-state index in [1.54, 1.807) is 0 Å². The van der Waals surface area contributed by atoms with Crippen LogP contribution in [0, 0.1) is 0 Å². The van der Waals surface area contributed by atoms with E-state index < -0.39 is 12.1 Å². The lowest BCUT2D eigenvalue weighted by Crippen LogP contribution is -2.45. The maximum Gasteiger partial charge on any atom is 0.305 e. The third kappa shape index (κ3) is 57.2. The average molecular weight is 999 g/mol. The maximum absolute atomic E-state index is 12.5. The Labute approximate surface area is 443 Å². The summed E-state index contributed by atoms with van der Waals surface area (Å²) in [6.45, 7) is 4.90. The van der Waals surface area contributed by atoms with Gasteiger partial charge in [0.1, 0.15) is 0 Å². The standard InChI is InChI=1S/C65H123NO5/c1-3-5-7-9-11-13-15-17-18-19-20-21-22-23-24-25-26-28-31-34-37-41-45-49-53-57-63(68)62(61-67)66-64(69)58-54-50-46-42-38-35-32-29-27-30-33-36-40-44-48-52-56-60-71-65(70)59-55-51-47-43-39-16-14-12-10-8-6-4-2/h12,14,27,30,36,40,62-63,67-68H,3-11,13,15-26,28-29,31-35,37-39,41-61H2,1-2H3,(H,66,69)/b14-12-,30-27-,40-36-. The number of amides is 1. The first kappa shape index (κ1) is 69.1. The van der Waals surface area contributed by atoms with Crippen molar-refractivity contribution >= 4 is 11.9 Å². The normalized spacial score (nSPS) is 12.8. The van der Waals surface area contributed by atoms with E-state index in [4.69, 9.17) is 4.74 Å². The van der Waals surface area contributed by atoms with E-state index in [9.17, 15) is 19.8 Å². The van der Waals surface area contributed by atoms with Crippen LogP contribution in [0.25, 0.3) is 0 Å². The number of rotatable bonds is 59. The van der Waals surface area contributed by atoms with Gasteiger partial charge in [0.05, 0.1) is 25.4 Å². The molecule has 0 heterocycles. The van der Waals surface area contributed by atoms with Crippen molar-refractivity contribution in [1.29, 1.82) is 0 Å². The molecule has 0 aromatic carbocycles. The minimum atomic E-state index is -0.677. The van der Waals surface area contributed by atoms with Crippen molar-refractivity contribution < 1.29 is 24.5 Å². The van der Waals surface area contributed by atoms with Crippen molar-refractivity contribution in [2.75, 3.05) is 13.2 Å². The number of nitrogens with one attached hydrogen (secondary N) is 1. The molecule has 3 N–H and O–H groups in total. The third-order valence-electron chi connectivity index (χ3n) is 14.7. The molecule has 71 heavy (non-hydrogen) atoms. The van der Waals surface area contributed by atoms with Crippen LogP contribution < -0.4 is 5.32 Å². The molecule has 0 aliphatic heterocycles. The largest absolute Gasteiger partial charge is 0.466 e. The van der Waals surface area contributed by atoms with Crippen LogP contribution in [0.3, 0.4) is 0 Å². The molecule has 0 rings (SSSR count). The number of carbonyl (C=O) groups excluding carboxylic acids is 2. The molecule has 418 valence electrons. The van der Waals surface area contributed by atoms with Crippen LogP contribution in [-0.4, -0.2) is 47.4 Å². The topological polar surface area (TPSA) is 95.9 Å². The molecule has 0 fully saturated rings. The lowest BCUT2D eigenvalue weighted by Gasteiger charge is -2.22. The van der Waals surface area contributed by atoms with Crippen molar-refractivity contribution in [3.8, 4) is 0 Å². The van der Waals surface area contributed by atoms with Crippen molar-refractivity contribution in [3.63, 3.8) is 0 Å². The SMILES string of the molecule is CCCCC/C=C\CCCCCCCC(=O)OCCCCC/C=C\C/C=C\CCCCCCCCCC(=O)NC(CO)C(O)CCCCCCCCCCCCCCCCCCCCCCCCCCC. The van der Waals surface area contributed by atoms with Gasteiger partial charge >= 0.3 is 5.97 Å². The summed E-state index contributed by atoms with van der Waals surface area (Å²) in [4.78, 5) is 24.5. The number of allylic oxidation sites excluding steroid dienone is 6. The first-order valence-corrected chi connectivity index (χ1v) is 31.7. The van der Waals surface area contributed by atoms with Gasteiger partial charge in [0, 0.05) is 12.8 Å². The number of aliphatic hydroxyl groups is 2. The highest BCUT2D eigenvalue weighted by molar-refractivity contribution is 5.76. The van der Waals surface area contributed by atoms with Crippen LogP contribution in [-0.2, 0) is 14.3 Å². The molecule has 1 amide bonds. The second-order valence-electron chi connectivity index (χ2n) is 21.7. The Kier molecular flexibility index (Phi) is 59.0. The fraction of sp³-hybridized carbons (Fsp3) is 0.877. The van der Waals surface area contributed by atoms with Gasteiger partial charge in [0.2, 0.25) is 5.91 Å². The molecule has 2 unspecified atom stereocenters. The molecule has 0 aliphatic rings. The van der Waals surface area contributed by atoms with E-state index in [1.165, 1.54) is 225 Å². The van der Waals surface area contributed by atoms with Gasteiger partial charge < -0.3 is 20.3 Å². The summed E-state index contributed by atoms with van der Waals surface area (Å²) < 4.78 is 5.44. The van der Waals surface area contributed by atoms with Gasteiger partial charge in [0.25, 0.3) is 0 Å². The maximum atomic E-state index is 12.5. The number of hydrogen-bond acceptors (Lipinski definition) is 5. The van der Waals surface area contributed by atoms with Crippen molar-refractivity contribution in [2.24, 2.45) is 0 Å². The highest BCUT2D eigenvalue weighted by atomic mass is 16.5. The van der Waals surface area contributed by atoms with Crippen LogP contribution in [0.2, 0.25) is 0 Å². The summed E-state index contributed by atoms with van der Waals surface area (Å²) in [5.74, 6) is -0.0733. The van der Waals surface area contributed by atoms with E-state index >= 15 is 0 Å². The first-order valence-electron chi connectivity index (χ1n) is 31.7. The summed E-state index contributed by atoms with van der Waals surface area (Å²) >= 11 is 0. The lowest BCUT2D eigenvalue weighted by molar-refractivity contribution is -0.143. The van der Waals surface area contributed by atoms with Crippen LogP contribution in [0.15, 0.2) is 36.5 Å². The second kappa shape index (κ2) is 60.6.